The number of piperazine rings is 1. The standard InChI is InChI=1S/C23H23Cl2N7O2/c24-16-2-1-3-17(25)21(16)32-13-19(20(29-32)22(26)33)28-14-4-7-18(27-12-14)23(34)31-10-8-30(9-11-31)15-5-6-15/h1-4,7,12-13,15,28H,5-6,8-11H2,(H2,26,33). The Morgan fingerprint density at radius 1 is 1.03 bits per heavy atom. The Morgan fingerprint density at radius 2 is 1.74 bits per heavy atom. The van der Waals surface area contributed by atoms with E-state index in [1.54, 1.807) is 36.5 Å². The third-order valence-electron chi connectivity index (χ3n) is 6.04. The predicted octanol–water partition coefficient (Wildman–Crippen LogP) is 3.34. The van der Waals surface area contributed by atoms with Crippen LogP contribution in [-0.4, -0.2) is 68.6 Å². The van der Waals surface area contributed by atoms with Gasteiger partial charge in [-0.2, -0.15) is 5.10 Å². The molecule has 2 amide bonds. The molecule has 1 aliphatic carbocycles. The third-order valence-corrected chi connectivity index (χ3v) is 6.65. The minimum Gasteiger partial charge on any atom is -0.364 e. The number of carbonyl (C=O) groups excluding carboxylic acids is 2. The lowest BCUT2D eigenvalue weighted by Crippen LogP contribution is -2.49. The van der Waals surface area contributed by atoms with Gasteiger partial charge in [-0.1, -0.05) is 29.3 Å². The number of aromatic nitrogens is 3. The fourth-order valence-electron chi connectivity index (χ4n) is 4.11. The van der Waals surface area contributed by atoms with Crippen molar-refractivity contribution in [2.75, 3.05) is 31.5 Å². The molecule has 176 valence electrons. The molecule has 0 spiro atoms. The van der Waals surface area contributed by atoms with Crippen LogP contribution in [0.2, 0.25) is 10.0 Å². The molecule has 1 aromatic carbocycles. The fraction of sp³-hybridized carbons (Fsp3) is 0.304. The molecule has 3 N–H and O–H groups in total. The van der Waals surface area contributed by atoms with Crippen LogP contribution in [0.4, 0.5) is 11.4 Å². The lowest BCUT2D eigenvalue weighted by atomic mass is 10.2. The van der Waals surface area contributed by atoms with Gasteiger partial charge in [-0.3, -0.25) is 14.5 Å². The molecule has 0 bridgehead atoms. The van der Waals surface area contributed by atoms with Crippen molar-refractivity contribution in [1.82, 2.24) is 24.6 Å². The van der Waals surface area contributed by atoms with Gasteiger partial charge in [0, 0.05) is 32.2 Å². The lowest BCUT2D eigenvalue weighted by Gasteiger charge is -2.34. The summed E-state index contributed by atoms with van der Waals surface area (Å²) in [7, 11) is 0. The van der Waals surface area contributed by atoms with E-state index in [4.69, 9.17) is 28.9 Å². The maximum atomic E-state index is 12.9. The summed E-state index contributed by atoms with van der Waals surface area (Å²) in [5.41, 5.74) is 7.28. The van der Waals surface area contributed by atoms with Gasteiger partial charge in [0.05, 0.1) is 33.8 Å². The van der Waals surface area contributed by atoms with Crippen molar-refractivity contribution in [2.24, 2.45) is 5.73 Å². The molecule has 34 heavy (non-hydrogen) atoms. The van der Waals surface area contributed by atoms with E-state index < -0.39 is 5.91 Å². The molecule has 2 aliphatic rings. The second-order valence-corrected chi connectivity index (χ2v) is 9.20. The molecule has 11 heteroatoms. The van der Waals surface area contributed by atoms with Crippen LogP contribution in [0.5, 0.6) is 0 Å². The summed E-state index contributed by atoms with van der Waals surface area (Å²) in [5.74, 6) is -0.796. The van der Waals surface area contributed by atoms with E-state index in [2.05, 4.69) is 20.3 Å². The van der Waals surface area contributed by atoms with E-state index in [1.165, 1.54) is 23.7 Å². The molecule has 1 saturated heterocycles. The van der Waals surface area contributed by atoms with E-state index in [9.17, 15) is 9.59 Å². The van der Waals surface area contributed by atoms with Gasteiger partial charge in [0.25, 0.3) is 11.8 Å². The Bertz CT molecular complexity index is 1210. The van der Waals surface area contributed by atoms with Crippen molar-refractivity contribution in [1.29, 1.82) is 0 Å². The summed E-state index contributed by atoms with van der Waals surface area (Å²) < 4.78 is 1.40. The number of para-hydroxylation sites is 1. The average Bonchev–Trinajstić information content (AvgIpc) is 3.60. The van der Waals surface area contributed by atoms with Gasteiger partial charge >= 0.3 is 0 Å². The molecule has 0 radical (unpaired) electrons. The number of hydrogen-bond donors (Lipinski definition) is 2. The summed E-state index contributed by atoms with van der Waals surface area (Å²) in [4.78, 5) is 33.5. The molecule has 3 heterocycles. The average molecular weight is 500 g/mol. The van der Waals surface area contributed by atoms with Crippen LogP contribution >= 0.6 is 23.2 Å². The monoisotopic (exact) mass is 499 g/mol. The molecule has 1 aliphatic heterocycles. The summed E-state index contributed by atoms with van der Waals surface area (Å²) in [6.45, 7) is 3.24. The van der Waals surface area contributed by atoms with Crippen LogP contribution in [0.1, 0.15) is 33.8 Å². The number of benzene rings is 1. The minimum absolute atomic E-state index is 0.0182. The number of halogens is 2. The number of anilines is 2. The second-order valence-electron chi connectivity index (χ2n) is 8.39. The zero-order valence-corrected chi connectivity index (χ0v) is 19.8. The maximum Gasteiger partial charge on any atom is 0.272 e. The molecule has 0 atom stereocenters. The Balaban J connectivity index is 1.31. The van der Waals surface area contributed by atoms with Gasteiger partial charge in [0.15, 0.2) is 5.69 Å². The Labute approximate surface area is 206 Å². The van der Waals surface area contributed by atoms with Gasteiger partial charge in [-0.05, 0) is 37.1 Å². The molecule has 5 rings (SSSR count). The molecule has 0 unspecified atom stereocenters. The van der Waals surface area contributed by atoms with Crippen molar-refractivity contribution in [3.63, 3.8) is 0 Å². The number of primary amides is 1. The third kappa shape index (κ3) is 4.59. The maximum absolute atomic E-state index is 12.9. The zero-order chi connectivity index (χ0) is 23.8. The summed E-state index contributed by atoms with van der Waals surface area (Å²) >= 11 is 12.5. The van der Waals surface area contributed by atoms with E-state index in [1.807, 2.05) is 4.90 Å². The first kappa shape index (κ1) is 22.6. The quantitative estimate of drug-likeness (QED) is 0.538. The van der Waals surface area contributed by atoms with Gasteiger partial charge in [-0.15, -0.1) is 0 Å². The van der Waals surface area contributed by atoms with Gasteiger partial charge in [0.2, 0.25) is 0 Å². The first-order valence-electron chi connectivity index (χ1n) is 11.0. The van der Waals surface area contributed by atoms with Crippen LogP contribution in [0.15, 0.2) is 42.7 Å². The number of carbonyl (C=O) groups is 2. The Kier molecular flexibility index (Phi) is 6.16. The van der Waals surface area contributed by atoms with Crippen molar-refractivity contribution < 1.29 is 9.59 Å². The van der Waals surface area contributed by atoms with Crippen LogP contribution in [0.25, 0.3) is 5.69 Å². The summed E-state index contributed by atoms with van der Waals surface area (Å²) in [6, 6.07) is 9.17. The first-order valence-corrected chi connectivity index (χ1v) is 11.8. The molecular formula is C23H23Cl2N7O2. The molecule has 2 fully saturated rings. The number of amides is 2. The number of hydrogen-bond acceptors (Lipinski definition) is 6. The topological polar surface area (TPSA) is 109 Å². The normalized spacial score (nSPS) is 16.5. The van der Waals surface area contributed by atoms with Gasteiger partial charge in [-0.25, -0.2) is 9.67 Å². The van der Waals surface area contributed by atoms with Crippen LogP contribution < -0.4 is 11.1 Å². The molecule has 3 aromatic rings. The predicted molar refractivity (Wildman–Crippen MR) is 130 cm³/mol. The second kappa shape index (κ2) is 9.25. The number of nitrogens with zero attached hydrogens (tertiary/aromatic N) is 5. The number of nitrogens with two attached hydrogens (primary N) is 1. The number of pyridine rings is 1. The van der Waals surface area contributed by atoms with Crippen molar-refractivity contribution in [3.8, 4) is 5.69 Å². The first-order chi connectivity index (χ1) is 16.4. The minimum atomic E-state index is -0.713. The van der Waals surface area contributed by atoms with E-state index >= 15 is 0 Å². The van der Waals surface area contributed by atoms with E-state index in [-0.39, 0.29) is 11.6 Å². The number of nitrogens with one attached hydrogen (secondary N) is 1. The van der Waals surface area contributed by atoms with Crippen molar-refractivity contribution in [3.05, 3.63) is 64.2 Å². The lowest BCUT2D eigenvalue weighted by molar-refractivity contribution is 0.0621. The van der Waals surface area contributed by atoms with Gasteiger partial charge < -0.3 is 16.0 Å². The highest BCUT2D eigenvalue weighted by Gasteiger charge is 2.32. The van der Waals surface area contributed by atoms with Crippen molar-refractivity contribution in [2.45, 2.75) is 18.9 Å². The molecule has 1 saturated carbocycles. The Hall–Kier alpha value is -3.14. The molecule has 2 aromatic heterocycles. The van der Waals surface area contributed by atoms with Crippen LogP contribution in [0.3, 0.4) is 0 Å². The highest BCUT2D eigenvalue weighted by atomic mass is 35.5. The number of rotatable bonds is 6. The van der Waals surface area contributed by atoms with Crippen LogP contribution in [-0.2, 0) is 0 Å². The Morgan fingerprint density at radius 3 is 2.32 bits per heavy atom. The van der Waals surface area contributed by atoms with E-state index in [0.29, 0.717) is 51.9 Å². The zero-order valence-electron chi connectivity index (χ0n) is 18.2. The summed E-state index contributed by atoms with van der Waals surface area (Å²) in [6.07, 6.45) is 5.65. The highest BCUT2D eigenvalue weighted by Crippen LogP contribution is 2.31. The van der Waals surface area contributed by atoms with Gasteiger partial charge in [0.1, 0.15) is 11.4 Å². The molecule has 9 nitrogen and oxygen atoms in total. The largest absolute Gasteiger partial charge is 0.364 e. The van der Waals surface area contributed by atoms with Crippen LogP contribution in [0, 0.1) is 0 Å². The molecular weight excluding hydrogens is 477 g/mol. The van der Waals surface area contributed by atoms with E-state index in [0.717, 1.165) is 13.1 Å². The highest BCUT2D eigenvalue weighted by molar-refractivity contribution is 6.37. The fourth-order valence-corrected chi connectivity index (χ4v) is 4.68. The van der Waals surface area contributed by atoms with Crippen molar-refractivity contribution >= 4 is 46.4 Å². The summed E-state index contributed by atoms with van der Waals surface area (Å²) in [5, 5.41) is 8.09. The SMILES string of the molecule is NC(=O)c1nn(-c2c(Cl)cccc2Cl)cc1Nc1ccc(C(=O)N2CCN(C3CC3)CC2)nc1. The smallest absolute Gasteiger partial charge is 0.272 e.